The summed E-state index contributed by atoms with van der Waals surface area (Å²) in [6.07, 6.45) is -1.52. The zero-order valence-electron chi connectivity index (χ0n) is 12.0. The lowest BCUT2D eigenvalue weighted by Crippen LogP contribution is -2.13. The fourth-order valence-corrected chi connectivity index (χ4v) is 2.22. The van der Waals surface area contributed by atoms with E-state index in [1.165, 1.54) is 12.1 Å². The molecule has 0 aliphatic carbocycles. The number of nitrogens with one attached hydrogen (secondary N) is 1. The SMILES string of the molecule is CCCn1cc(C)nc1NCc1ccccc1C(F)(F)F. The zero-order chi connectivity index (χ0) is 15.5. The van der Waals surface area contributed by atoms with Gasteiger partial charge in [-0.15, -0.1) is 0 Å². The molecule has 3 nitrogen and oxygen atoms in total. The second kappa shape index (κ2) is 6.20. The fraction of sp³-hybridized carbons (Fsp3) is 0.400. The van der Waals surface area contributed by atoms with Gasteiger partial charge in [0.15, 0.2) is 0 Å². The number of anilines is 1. The Morgan fingerprint density at radius 1 is 1.24 bits per heavy atom. The number of alkyl halides is 3. The van der Waals surface area contributed by atoms with Crippen molar-refractivity contribution in [3.05, 3.63) is 47.3 Å². The van der Waals surface area contributed by atoms with Crippen molar-refractivity contribution in [1.82, 2.24) is 9.55 Å². The van der Waals surface area contributed by atoms with Crippen molar-refractivity contribution < 1.29 is 13.2 Å². The first-order valence-corrected chi connectivity index (χ1v) is 6.84. The summed E-state index contributed by atoms with van der Waals surface area (Å²) in [5, 5.41) is 3.00. The molecular weight excluding hydrogens is 279 g/mol. The van der Waals surface area contributed by atoms with Gasteiger partial charge in [-0.05, 0) is 25.0 Å². The van der Waals surface area contributed by atoms with Crippen LogP contribution in [0.4, 0.5) is 19.1 Å². The van der Waals surface area contributed by atoms with Gasteiger partial charge in [-0.3, -0.25) is 0 Å². The van der Waals surface area contributed by atoms with Crippen molar-refractivity contribution in [3.8, 4) is 0 Å². The van der Waals surface area contributed by atoms with Crippen molar-refractivity contribution in [2.45, 2.75) is 39.5 Å². The van der Waals surface area contributed by atoms with E-state index in [0.29, 0.717) is 5.95 Å². The molecule has 0 spiro atoms. The first-order chi connectivity index (χ1) is 9.91. The van der Waals surface area contributed by atoms with Gasteiger partial charge in [0, 0.05) is 19.3 Å². The maximum absolute atomic E-state index is 12.9. The summed E-state index contributed by atoms with van der Waals surface area (Å²) in [6, 6.07) is 5.58. The van der Waals surface area contributed by atoms with E-state index >= 15 is 0 Å². The molecule has 0 bridgehead atoms. The van der Waals surface area contributed by atoms with Gasteiger partial charge in [0.25, 0.3) is 0 Å². The molecule has 6 heteroatoms. The van der Waals surface area contributed by atoms with E-state index in [2.05, 4.69) is 10.3 Å². The first kappa shape index (κ1) is 15.4. The molecule has 0 aliphatic heterocycles. The number of nitrogens with zero attached hydrogens (tertiary/aromatic N) is 2. The van der Waals surface area contributed by atoms with Crippen LogP contribution in [0.15, 0.2) is 30.5 Å². The molecule has 1 heterocycles. The normalized spacial score (nSPS) is 11.7. The molecule has 1 aromatic heterocycles. The Morgan fingerprint density at radius 2 is 1.95 bits per heavy atom. The van der Waals surface area contributed by atoms with E-state index in [4.69, 9.17) is 0 Å². The highest BCUT2D eigenvalue weighted by atomic mass is 19.4. The highest BCUT2D eigenvalue weighted by molar-refractivity contribution is 5.35. The third-order valence-electron chi connectivity index (χ3n) is 3.12. The molecule has 114 valence electrons. The summed E-state index contributed by atoms with van der Waals surface area (Å²) in [6.45, 7) is 4.78. The number of hydrogen-bond donors (Lipinski definition) is 1. The predicted octanol–water partition coefficient (Wildman–Crippen LogP) is 4.23. The van der Waals surface area contributed by atoms with E-state index in [1.807, 2.05) is 24.6 Å². The van der Waals surface area contributed by atoms with Crippen molar-refractivity contribution in [1.29, 1.82) is 0 Å². The van der Waals surface area contributed by atoms with Crippen LogP contribution in [-0.2, 0) is 19.3 Å². The third kappa shape index (κ3) is 3.77. The third-order valence-corrected chi connectivity index (χ3v) is 3.12. The maximum atomic E-state index is 12.9. The highest BCUT2D eigenvalue weighted by Crippen LogP contribution is 2.32. The number of halogens is 3. The quantitative estimate of drug-likeness (QED) is 0.895. The molecule has 0 aliphatic rings. The van der Waals surface area contributed by atoms with Gasteiger partial charge in [0.1, 0.15) is 0 Å². The summed E-state index contributed by atoms with van der Waals surface area (Å²) in [5.74, 6) is 0.603. The lowest BCUT2D eigenvalue weighted by Gasteiger charge is -2.14. The molecule has 0 saturated carbocycles. The van der Waals surface area contributed by atoms with Crippen molar-refractivity contribution in [2.75, 3.05) is 5.32 Å². The van der Waals surface area contributed by atoms with Gasteiger partial charge >= 0.3 is 6.18 Å². The molecule has 1 aromatic carbocycles. The molecule has 0 amide bonds. The summed E-state index contributed by atoms with van der Waals surface area (Å²) in [7, 11) is 0. The second-order valence-electron chi connectivity index (χ2n) is 4.91. The summed E-state index contributed by atoms with van der Waals surface area (Å²) < 4.78 is 40.7. The van der Waals surface area contributed by atoms with Crippen LogP contribution in [0.1, 0.15) is 30.2 Å². The van der Waals surface area contributed by atoms with E-state index in [0.717, 1.165) is 24.7 Å². The Hall–Kier alpha value is -1.98. The molecule has 0 unspecified atom stereocenters. The van der Waals surface area contributed by atoms with Crippen LogP contribution in [0.2, 0.25) is 0 Å². The predicted molar refractivity (Wildman–Crippen MR) is 76.0 cm³/mol. The Balaban J connectivity index is 2.17. The molecule has 0 atom stereocenters. The summed E-state index contributed by atoms with van der Waals surface area (Å²) >= 11 is 0. The molecule has 21 heavy (non-hydrogen) atoms. The van der Waals surface area contributed by atoms with Gasteiger partial charge in [-0.25, -0.2) is 4.98 Å². The largest absolute Gasteiger partial charge is 0.416 e. The van der Waals surface area contributed by atoms with Gasteiger partial charge in [0.2, 0.25) is 5.95 Å². The number of aryl methyl sites for hydroxylation is 2. The van der Waals surface area contributed by atoms with Gasteiger partial charge < -0.3 is 9.88 Å². The van der Waals surface area contributed by atoms with Crippen molar-refractivity contribution in [3.63, 3.8) is 0 Å². The van der Waals surface area contributed by atoms with Crippen molar-refractivity contribution >= 4 is 5.95 Å². The second-order valence-corrected chi connectivity index (χ2v) is 4.91. The number of imidazole rings is 1. The minimum atomic E-state index is -4.34. The number of hydrogen-bond acceptors (Lipinski definition) is 2. The average Bonchev–Trinajstić information content (AvgIpc) is 2.76. The van der Waals surface area contributed by atoms with Gasteiger partial charge in [-0.2, -0.15) is 13.2 Å². The average molecular weight is 297 g/mol. The van der Waals surface area contributed by atoms with E-state index in [-0.39, 0.29) is 12.1 Å². The summed E-state index contributed by atoms with van der Waals surface area (Å²) in [5.41, 5.74) is 0.451. The first-order valence-electron chi connectivity index (χ1n) is 6.84. The standard InChI is InChI=1S/C15H18F3N3/c1-3-8-21-10-11(2)20-14(21)19-9-12-6-4-5-7-13(12)15(16,17)18/h4-7,10H,3,8-9H2,1-2H3,(H,19,20). The Labute approximate surface area is 121 Å². The number of benzene rings is 1. The topological polar surface area (TPSA) is 29.9 Å². The zero-order valence-corrected chi connectivity index (χ0v) is 12.0. The lowest BCUT2D eigenvalue weighted by atomic mass is 10.1. The van der Waals surface area contributed by atoms with Crippen LogP contribution in [-0.4, -0.2) is 9.55 Å². The molecule has 1 N–H and O–H groups in total. The molecule has 2 rings (SSSR count). The smallest absolute Gasteiger partial charge is 0.352 e. The van der Waals surface area contributed by atoms with Crippen molar-refractivity contribution in [2.24, 2.45) is 0 Å². The van der Waals surface area contributed by atoms with Crippen LogP contribution in [0.3, 0.4) is 0 Å². The molecular formula is C15H18F3N3. The molecule has 0 radical (unpaired) electrons. The fourth-order valence-electron chi connectivity index (χ4n) is 2.22. The number of rotatable bonds is 5. The maximum Gasteiger partial charge on any atom is 0.416 e. The monoisotopic (exact) mass is 297 g/mol. The molecule has 0 saturated heterocycles. The number of aromatic nitrogens is 2. The van der Waals surface area contributed by atoms with Crippen LogP contribution < -0.4 is 5.32 Å². The van der Waals surface area contributed by atoms with E-state index < -0.39 is 11.7 Å². The van der Waals surface area contributed by atoms with Crippen LogP contribution in [0, 0.1) is 6.92 Å². The Morgan fingerprint density at radius 3 is 2.62 bits per heavy atom. The molecule has 0 fully saturated rings. The summed E-state index contributed by atoms with van der Waals surface area (Å²) in [4.78, 5) is 4.31. The molecule has 2 aromatic rings. The van der Waals surface area contributed by atoms with Gasteiger partial charge in [-0.1, -0.05) is 25.1 Å². The highest BCUT2D eigenvalue weighted by Gasteiger charge is 2.32. The lowest BCUT2D eigenvalue weighted by molar-refractivity contribution is -0.138. The van der Waals surface area contributed by atoms with Crippen LogP contribution in [0.5, 0.6) is 0 Å². The minimum absolute atomic E-state index is 0.0931. The van der Waals surface area contributed by atoms with E-state index in [1.54, 1.807) is 6.07 Å². The van der Waals surface area contributed by atoms with Gasteiger partial charge in [0.05, 0.1) is 11.3 Å². The minimum Gasteiger partial charge on any atom is -0.352 e. The van der Waals surface area contributed by atoms with Crippen LogP contribution in [0.25, 0.3) is 0 Å². The Kier molecular flexibility index (Phi) is 4.55. The van der Waals surface area contributed by atoms with Crippen LogP contribution >= 0.6 is 0 Å². The van der Waals surface area contributed by atoms with E-state index in [9.17, 15) is 13.2 Å². The Bertz CT molecular complexity index is 602.